The number of anilines is 1. The van der Waals surface area contributed by atoms with E-state index >= 15 is 0 Å². The van der Waals surface area contributed by atoms with Gasteiger partial charge in [0.1, 0.15) is 12.4 Å². The molecule has 0 bridgehead atoms. The van der Waals surface area contributed by atoms with Crippen molar-refractivity contribution in [3.63, 3.8) is 0 Å². The predicted octanol–water partition coefficient (Wildman–Crippen LogP) is 9.12. The summed E-state index contributed by atoms with van der Waals surface area (Å²) in [6, 6.07) is 15.1. The van der Waals surface area contributed by atoms with Crippen LogP contribution in [-0.4, -0.2) is 30.6 Å². The van der Waals surface area contributed by atoms with Gasteiger partial charge in [-0.15, -0.1) is 11.3 Å². The van der Waals surface area contributed by atoms with Crippen molar-refractivity contribution in [1.29, 1.82) is 0 Å². The zero-order valence-electron chi connectivity index (χ0n) is 24.1. The number of thiazole rings is 1. The van der Waals surface area contributed by atoms with Crippen molar-refractivity contribution in [2.24, 2.45) is 5.92 Å². The second-order valence-corrected chi connectivity index (χ2v) is 11.9. The molecule has 226 valence electrons. The molecule has 1 saturated heterocycles. The maximum absolute atomic E-state index is 13.1. The van der Waals surface area contributed by atoms with E-state index in [0.717, 1.165) is 70.6 Å². The highest BCUT2D eigenvalue weighted by atomic mass is 35.5. The second-order valence-electron chi connectivity index (χ2n) is 10.6. The van der Waals surface area contributed by atoms with E-state index in [4.69, 9.17) is 26.1 Å². The summed E-state index contributed by atoms with van der Waals surface area (Å²) in [5.74, 6) is 0.451. The number of ether oxygens (including phenoxy) is 2. The summed E-state index contributed by atoms with van der Waals surface area (Å²) in [5.41, 5.74) is 4.98. The van der Waals surface area contributed by atoms with Gasteiger partial charge in [0, 0.05) is 29.1 Å². The van der Waals surface area contributed by atoms with Crippen molar-refractivity contribution < 1.29 is 27.4 Å². The molecule has 0 spiro atoms. The number of hydrogen-bond donors (Lipinski definition) is 0. The van der Waals surface area contributed by atoms with Gasteiger partial charge < -0.3 is 14.4 Å². The minimum Gasteiger partial charge on any atom is -0.488 e. The number of benzene rings is 3. The average molecular weight is 629 g/mol. The fourth-order valence-electron chi connectivity index (χ4n) is 5.27. The molecule has 0 atom stereocenters. The van der Waals surface area contributed by atoms with Gasteiger partial charge in [-0.25, -0.2) is 4.98 Å². The van der Waals surface area contributed by atoms with Crippen LogP contribution in [0, 0.1) is 19.8 Å². The van der Waals surface area contributed by atoms with Crippen molar-refractivity contribution in [3.8, 4) is 28.1 Å². The van der Waals surface area contributed by atoms with Gasteiger partial charge >= 0.3 is 12.1 Å². The van der Waals surface area contributed by atoms with Crippen molar-refractivity contribution in [2.75, 3.05) is 24.6 Å². The monoisotopic (exact) mass is 628 g/mol. The smallest absolute Gasteiger partial charge is 0.416 e. The van der Waals surface area contributed by atoms with E-state index in [9.17, 15) is 18.0 Å². The summed E-state index contributed by atoms with van der Waals surface area (Å²) in [4.78, 5) is 19.2. The molecule has 0 unspecified atom stereocenters. The highest BCUT2D eigenvalue weighted by Crippen LogP contribution is 2.38. The summed E-state index contributed by atoms with van der Waals surface area (Å²) >= 11 is 7.91. The predicted molar refractivity (Wildman–Crippen MR) is 165 cm³/mol. The Morgan fingerprint density at radius 1 is 1.02 bits per heavy atom. The van der Waals surface area contributed by atoms with Crippen LogP contribution in [0.15, 0.2) is 60.0 Å². The van der Waals surface area contributed by atoms with E-state index < -0.39 is 11.7 Å². The third-order valence-corrected chi connectivity index (χ3v) is 8.82. The first kappa shape index (κ1) is 30.9. The molecule has 0 N–H and O–H groups in total. The zero-order valence-corrected chi connectivity index (χ0v) is 25.7. The summed E-state index contributed by atoms with van der Waals surface area (Å²) < 4.78 is 50.8. The molecule has 1 aliphatic heterocycles. The number of piperidine rings is 1. The molecular weight excluding hydrogens is 597 g/mol. The molecule has 0 saturated carbocycles. The van der Waals surface area contributed by atoms with Crippen LogP contribution in [0.2, 0.25) is 5.02 Å². The normalized spacial score (nSPS) is 14.2. The molecule has 3 aromatic carbocycles. The van der Waals surface area contributed by atoms with Gasteiger partial charge in [-0.1, -0.05) is 35.9 Å². The Bertz CT molecular complexity index is 1610. The van der Waals surface area contributed by atoms with Crippen LogP contribution in [0.3, 0.4) is 0 Å². The van der Waals surface area contributed by atoms with E-state index in [1.165, 1.54) is 12.1 Å². The van der Waals surface area contributed by atoms with E-state index in [1.54, 1.807) is 24.3 Å². The molecule has 4 aromatic rings. The van der Waals surface area contributed by atoms with Crippen molar-refractivity contribution in [3.05, 3.63) is 87.3 Å². The molecule has 1 aromatic heterocycles. The lowest BCUT2D eigenvalue weighted by molar-refractivity contribution is -0.148. The average Bonchev–Trinajstić information content (AvgIpc) is 3.47. The molecule has 5 nitrogen and oxygen atoms in total. The second kappa shape index (κ2) is 13.0. The fourth-order valence-corrected chi connectivity index (χ4v) is 6.32. The van der Waals surface area contributed by atoms with E-state index in [2.05, 4.69) is 4.90 Å². The Balaban J connectivity index is 1.29. The van der Waals surface area contributed by atoms with Crippen LogP contribution in [0.1, 0.15) is 42.0 Å². The summed E-state index contributed by atoms with van der Waals surface area (Å²) in [6.45, 7) is 7.63. The first-order valence-electron chi connectivity index (χ1n) is 14.1. The van der Waals surface area contributed by atoms with Crippen LogP contribution in [0.5, 0.6) is 5.75 Å². The molecule has 43 heavy (non-hydrogen) atoms. The van der Waals surface area contributed by atoms with Crippen molar-refractivity contribution in [2.45, 2.75) is 46.4 Å². The van der Waals surface area contributed by atoms with Gasteiger partial charge in [0.05, 0.1) is 23.8 Å². The molecule has 5 rings (SSSR count). The number of nitrogens with zero attached hydrogens (tertiary/aromatic N) is 2. The molecule has 1 aliphatic rings. The summed E-state index contributed by atoms with van der Waals surface area (Å²) in [7, 11) is 0. The topological polar surface area (TPSA) is 51.7 Å². The number of rotatable bonds is 8. The third-order valence-electron chi connectivity index (χ3n) is 7.69. The standard InChI is InChI=1S/C33H32ClF3N2O3S/c1-4-41-31(40)22-11-13-39(14-12-22)32-38-29(19-43-32)28-17-26(34)8-10-30(28)42-18-24-6-5-23(15-20(24)2)27-9-7-25(16-21(27)3)33(35,36)37/h5-10,15-17,19,22H,4,11-14,18H2,1-3H3. The van der Waals surface area contributed by atoms with Gasteiger partial charge in [0.2, 0.25) is 0 Å². The van der Waals surface area contributed by atoms with Gasteiger partial charge in [-0.3, -0.25) is 4.79 Å². The molecule has 0 radical (unpaired) electrons. The molecule has 0 amide bonds. The van der Waals surface area contributed by atoms with Crippen molar-refractivity contribution >= 4 is 34.0 Å². The van der Waals surface area contributed by atoms with Gasteiger partial charge in [-0.2, -0.15) is 13.2 Å². The number of carbonyl (C=O) groups excluding carboxylic acids is 1. The van der Waals surface area contributed by atoms with E-state index in [1.807, 2.05) is 49.6 Å². The zero-order chi connectivity index (χ0) is 30.7. The van der Waals surface area contributed by atoms with Crippen LogP contribution < -0.4 is 9.64 Å². The van der Waals surface area contributed by atoms with Crippen molar-refractivity contribution in [1.82, 2.24) is 4.98 Å². The Hall–Kier alpha value is -3.56. The van der Waals surface area contributed by atoms with Crippen LogP contribution in [0.4, 0.5) is 18.3 Å². The number of aromatic nitrogens is 1. The maximum atomic E-state index is 13.1. The maximum Gasteiger partial charge on any atom is 0.416 e. The van der Waals surface area contributed by atoms with Crippen LogP contribution in [0.25, 0.3) is 22.4 Å². The molecule has 10 heteroatoms. The van der Waals surface area contributed by atoms with E-state index in [0.29, 0.717) is 29.5 Å². The lowest BCUT2D eigenvalue weighted by Gasteiger charge is -2.30. The van der Waals surface area contributed by atoms with Gasteiger partial charge in [0.15, 0.2) is 5.13 Å². The van der Waals surface area contributed by atoms with Gasteiger partial charge in [-0.05, 0) is 91.8 Å². The first-order chi connectivity index (χ1) is 20.5. The SMILES string of the molecule is CCOC(=O)C1CCN(c2nc(-c3cc(Cl)ccc3OCc3ccc(-c4ccc(C(F)(F)F)cc4C)cc3C)cs2)CC1. The Kier molecular flexibility index (Phi) is 9.32. The first-order valence-corrected chi connectivity index (χ1v) is 15.4. The molecule has 1 fully saturated rings. The van der Waals surface area contributed by atoms with Crippen LogP contribution in [-0.2, 0) is 22.3 Å². The van der Waals surface area contributed by atoms with E-state index in [-0.39, 0.29) is 11.9 Å². The minimum atomic E-state index is -4.37. The Morgan fingerprint density at radius 3 is 2.47 bits per heavy atom. The lowest BCUT2D eigenvalue weighted by Crippen LogP contribution is -2.36. The molecular formula is C33H32ClF3N2O3S. The number of alkyl halides is 3. The molecule has 2 heterocycles. The fraction of sp³-hybridized carbons (Fsp3) is 0.333. The summed E-state index contributed by atoms with van der Waals surface area (Å²) in [6.07, 6.45) is -2.91. The third kappa shape index (κ3) is 7.16. The Morgan fingerprint density at radius 2 is 1.79 bits per heavy atom. The number of aryl methyl sites for hydroxylation is 2. The number of carbonyl (C=O) groups is 1. The Labute approximate surface area is 258 Å². The largest absolute Gasteiger partial charge is 0.488 e. The van der Waals surface area contributed by atoms with Crippen LogP contribution >= 0.6 is 22.9 Å². The number of esters is 1. The quantitative estimate of drug-likeness (QED) is 0.182. The lowest BCUT2D eigenvalue weighted by atomic mass is 9.95. The molecule has 0 aliphatic carbocycles. The highest BCUT2D eigenvalue weighted by molar-refractivity contribution is 7.14. The number of halogens is 4. The minimum absolute atomic E-state index is 0.0694. The number of hydrogen-bond acceptors (Lipinski definition) is 6. The van der Waals surface area contributed by atoms with Gasteiger partial charge in [0.25, 0.3) is 0 Å². The summed E-state index contributed by atoms with van der Waals surface area (Å²) in [5, 5.41) is 3.44. The highest BCUT2D eigenvalue weighted by Gasteiger charge is 2.31.